The van der Waals surface area contributed by atoms with Crippen molar-refractivity contribution in [1.82, 2.24) is 10.2 Å². The Bertz CT molecular complexity index is 272. The highest BCUT2D eigenvalue weighted by Crippen LogP contribution is 2.24. The van der Waals surface area contributed by atoms with Gasteiger partial charge in [0.25, 0.3) is 0 Å². The molecule has 0 aliphatic carbocycles. The van der Waals surface area contributed by atoms with Crippen LogP contribution in [0.5, 0.6) is 0 Å². The molecule has 4 nitrogen and oxygen atoms in total. The first kappa shape index (κ1) is 16.2. The maximum atomic E-state index is 5.69. The summed E-state index contributed by atoms with van der Waals surface area (Å²) < 4.78 is 11.2. The average molecular weight is 284 g/mol. The summed E-state index contributed by atoms with van der Waals surface area (Å²) in [5.41, 5.74) is -0.0861. The van der Waals surface area contributed by atoms with E-state index in [0.29, 0.717) is 6.04 Å². The Morgan fingerprint density at radius 3 is 2.70 bits per heavy atom. The molecule has 0 aromatic rings. The summed E-state index contributed by atoms with van der Waals surface area (Å²) in [5, 5.41) is 3.71. The van der Waals surface area contributed by atoms with Crippen molar-refractivity contribution >= 4 is 0 Å². The summed E-state index contributed by atoms with van der Waals surface area (Å²) in [7, 11) is 1.81. The van der Waals surface area contributed by atoms with Crippen molar-refractivity contribution in [3.8, 4) is 0 Å². The number of hydrogen-bond acceptors (Lipinski definition) is 4. The Kier molecular flexibility index (Phi) is 6.27. The number of nitrogens with one attached hydrogen (secondary N) is 1. The second-order valence-electron chi connectivity index (χ2n) is 6.54. The van der Waals surface area contributed by atoms with Gasteiger partial charge in [0.1, 0.15) is 5.60 Å². The van der Waals surface area contributed by atoms with E-state index in [2.05, 4.69) is 24.1 Å². The zero-order chi connectivity index (χ0) is 14.4. The molecule has 4 heteroatoms. The quantitative estimate of drug-likeness (QED) is 0.774. The highest BCUT2D eigenvalue weighted by atomic mass is 16.5. The van der Waals surface area contributed by atoms with Crippen LogP contribution in [-0.2, 0) is 9.47 Å². The number of nitrogens with zero attached hydrogens (tertiary/aromatic N) is 1. The fourth-order valence-electron chi connectivity index (χ4n) is 3.47. The Morgan fingerprint density at radius 2 is 2.15 bits per heavy atom. The van der Waals surface area contributed by atoms with Crippen molar-refractivity contribution in [2.75, 3.05) is 46.5 Å². The third-order valence-corrected chi connectivity index (χ3v) is 5.13. The minimum atomic E-state index is -0.0861. The highest BCUT2D eigenvalue weighted by Gasteiger charge is 2.35. The molecule has 0 aromatic heterocycles. The predicted molar refractivity (Wildman–Crippen MR) is 82.1 cm³/mol. The van der Waals surface area contributed by atoms with Gasteiger partial charge in [0.2, 0.25) is 0 Å². The first-order valence-electron chi connectivity index (χ1n) is 8.28. The van der Waals surface area contributed by atoms with Gasteiger partial charge in [-0.25, -0.2) is 0 Å². The van der Waals surface area contributed by atoms with Crippen LogP contribution in [0, 0.1) is 5.92 Å². The number of hydrogen-bond donors (Lipinski definition) is 1. The van der Waals surface area contributed by atoms with Crippen molar-refractivity contribution < 1.29 is 9.47 Å². The largest absolute Gasteiger partial charge is 0.378 e. The molecule has 0 saturated carbocycles. The predicted octanol–water partition coefficient (Wildman–Crippen LogP) is 1.89. The average Bonchev–Trinajstić information content (AvgIpc) is 2.95. The maximum absolute atomic E-state index is 5.69. The highest BCUT2D eigenvalue weighted by molar-refractivity contribution is 4.89. The summed E-state index contributed by atoms with van der Waals surface area (Å²) in [6.07, 6.45) is 4.93. The SMILES string of the molecule is CCCN1CCC(C(C)NCC2(OC)CCOC2)CC1. The number of piperidine rings is 1. The fourth-order valence-corrected chi connectivity index (χ4v) is 3.47. The number of rotatable bonds is 7. The fraction of sp³-hybridized carbons (Fsp3) is 1.00. The van der Waals surface area contributed by atoms with E-state index in [0.717, 1.165) is 32.1 Å². The van der Waals surface area contributed by atoms with E-state index in [4.69, 9.17) is 9.47 Å². The normalized spacial score (nSPS) is 30.8. The molecule has 2 aliphatic rings. The van der Waals surface area contributed by atoms with Crippen molar-refractivity contribution in [2.45, 2.75) is 51.2 Å². The van der Waals surface area contributed by atoms with Gasteiger partial charge in [0.05, 0.1) is 6.61 Å². The smallest absolute Gasteiger partial charge is 0.106 e. The summed E-state index contributed by atoms with van der Waals surface area (Å²) in [6, 6.07) is 0.575. The number of methoxy groups -OCH3 is 1. The van der Waals surface area contributed by atoms with Gasteiger partial charge in [0.15, 0.2) is 0 Å². The molecule has 1 N–H and O–H groups in total. The summed E-state index contributed by atoms with van der Waals surface area (Å²) >= 11 is 0. The van der Waals surface area contributed by atoms with Gasteiger partial charge < -0.3 is 19.7 Å². The standard InChI is InChI=1S/C16H32N2O2/c1-4-8-18-9-5-15(6-10-18)14(2)17-12-16(19-3)7-11-20-13-16/h14-15,17H,4-13H2,1-3H3. The molecule has 0 radical (unpaired) electrons. The van der Waals surface area contributed by atoms with Crippen LogP contribution in [-0.4, -0.2) is 63.0 Å². The molecule has 0 spiro atoms. The third-order valence-electron chi connectivity index (χ3n) is 5.13. The molecule has 2 unspecified atom stereocenters. The van der Waals surface area contributed by atoms with Gasteiger partial charge >= 0.3 is 0 Å². The molecule has 20 heavy (non-hydrogen) atoms. The van der Waals surface area contributed by atoms with E-state index in [1.54, 1.807) is 0 Å². The molecule has 0 aromatic carbocycles. The molecule has 2 rings (SSSR count). The molecule has 2 aliphatic heterocycles. The lowest BCUT2D eigenvalue weighted by molar-refractivity contribution is -0.0190. The van der Waals surface area contributed by atoms with Gasteiger partial charge in [-0.1, -0.05) is 6.92 Å². The number of likely N-dealkylation sites (tertiary alicyclic amines) is 1. The van der Waals surface area contributed by atoms with Gasteiger partial charge in [-0.3, -0.25) is 0 Å². The van der Waals surface area contributed by atoms with Crippen LogP contribution < -0.4 is 5.32 Å². The molecule has 2 saturated heterocycles. The first-order valence-corrected chi connectivity index (χ1v) is 8.28. The van der Waals surface area contributed by atoms with E-state index in [-0.39, 0.29) is 5.60 Å². The second kappa shape index (κ2) is 7.74. The summed E-state index contributed by atoms with van der Waals surface area (Å²) in [4.78, 5) is 2.60. The molecule has 2 heterocycles. The Balaban J connectivity index is 1.71. The molecule has 0 bridgehead atoms. The monoisotopic (exact) mass is 284 g/mol. The minimum absolute atomic E-state index is 0.0861. The van der Waals surface area contributed by atoms with E-state index in [1.807, 2.05) is 7.11 Å². The van der Waals surface area contributed by atoms with Crippen molar-refractivity contribution in [3.05, 3.63) is 0 Å². The zero-order valence-electron chi connectivity index (χ0n) is 13.5. The number of ether oxygens (including phenoxy) is 2. The van der Waals surface area contributed by atoms with E-state index < -0.39 is 0 Å². The Labute approximate surface area is 124 Å². The zero-order valence-corrected chi connectivity index (χ0v) is 13.5. The van der Waals surface area contributed by atoms with Crippen LogP contribution in [0.4, 0.5) is 0 Å². The summed E-state index contributed by atoms with van der Waals surface area (Å²) in [5.74, 6) is 0.805. The van der Waals surface area contributed by atoms with Crippen LogP contribution in [0.15, 0.2) is 0 Å². The van der Waals surface area contributed by atoms with E-state index in [1.165, 1.54) is 38.9 Å². The molecule has 2 atom stereocenters. The van der Waals surface area contributed by atoms with Crippen LogP contribution in [0.25, 0.3) is 0 Å². The van der Waals surface area contributed by atoms with E-state index in [9.17, 15) is 0 Å². The minimum Gasteiger partial charge on any atom is -0.378 e. The third kappa shape index (κ3) is 4.17. The molecular weight excluding hydrogens is 252 g/mol. The first-order chi connectivity index (χ1) is 9.69. The lowest BCUT2D eigenvalue weighted by Gasteiger charge is -2.36. The Morgan fingerprint density at radius 1 is 1.40 bits per heavy atom. The van der Waals surface area contributed by atoms with Crippen molar-refractivity contribution in [3.63, 3.8) is 0 Å². The van der Waals surface area contributed by atoms with Crippen LogP contribution in [0.2, 0.25) is 0 Å². The van der Waals surface area contributed by atoms with E-state index >= 15 is 0 Å². The molecule has 118 valence electrons. The van der Waals surface area contributed by atoms with Crippen LogP contribution in [0.3, 0.4) is 0 Å². The Hall–Kier alpha value is -0.160. The molecular formula is C16H32N2O2. The summed E-state index contributed by atoms with van der Waals surface area (Å²) in [6.45, 7) is 10.9. The van der Waals surface area contributed by atoms with Crippen molar-refractivity contribution in [1.29, 1.82) is 0 Å². The lowest BCUT2D eigenvalue weighted by Crippen LogP contribution is -2.49. The topological polar surface area (TPSA) is 33.7 Å². The van der Waals surface area contributed by atoms with Gasteiger partial charge in [-0.05, 0) is 51.7 Å². The lowest BCUT2D eigenvalue weighted by atomic mass is 9.89. The van der Waals surface area contributed by atoms with Crippen molar-refractivity contribution in [2.24, 2.45) is 5.92 Å². The second-order valence-corrected chi connectivity index (χ2v) is 6.54. The van der Waals surface area contributed by atoms with Gasteiger partial charge in [-0.15, -0.1) is 0 Å². The maximum Gasteiger partial charge on any atom is 0.106 e. The van der Waals surface area contributed by atoms with Gasteiger partial charge in [-0.2, -0.15) is 0 Å². The molecule has 2 fully saturated rings. The van der Waals surface area contributed by atoms with Gasteiger partial charge in [0, 0.05) is 32.7 Å². The molecule has 0 amide bonds. The van der Waals surface area contributed by atoms with Crippen LogP contribution >= 0.6 is 0 Å². The van der Waals surface area contributed by atoms with Crippen LogP contribution in [0.1, 0.15) is 39.5 Å².